The van der Waals surface area contributed by atoms with Crippen LogP contribution in [0.2, 0.25) is 0 Å². The quantitative estimate of drug-likeness (QED) is 0.203. The average Bonchev–Trinajstić information content (AvgIpc) is 2.50. The maximum atomic E-state index is 13.3. The molecule has 0 aliphatic carbocycles. The van der Waals surface area contributed by atoms with Gasteiger partial charge in [0, 0.05) is 0 Å². The van der Waals surface area contributed by atoms with Crippen molar-refractivity contribution in [2.75, 3.05) is 5.43 Å². The lowest BCUT2D eigenvalue weighted by Crippen LogP contribution is -2.06. The summed E-state index contributed by atoms with van der Waals surface area (Å²) in [4.78, 5) is 0. The van der Waals surface area contributed by atoms with Crippen LogP contribution in [0, 0.1) is 29.1 Å². The van der Waals surface area contributed by atoms with E-state index in [4.69, 9.17) is 5.11 Å². The molecule has 0 aromatic heterocycles. The molecule has 0 saturated carbocycles. The zero-order valence-corrected chi connectivity index (χ0v) is 10.5. The third-order valence-corrected chi connectivity index (χ3v) is 2.60. The fraction of sp³-hybridized carbons (Fsp3) is 0. The molecule has 4 nitrogen and oxygen atoms in total. The molecule has 0 radical (unpaired) electrons. The van der Waals surface area contributed by atoms with Gasteiger partial charge in [0.1, 0.15) is 5.69 Å². The van der Waals surface area contributed by atoms with Crippen LogP contribution >= 0.6 is 0 Å². The van der Waals surface area contributed by atoms with Gasteiger partial charge >= 0.3 is 0 Å². The SMILES string of the molecule is Oc1ccc(C=NNc2c(F)c(F)c(F)c(F)c2F)cc1O. The van der Waals surface area contributed by atoms with Crippen molar-refractivity contribution in [1.82, 2.24) is 0 Å². The van der Waals surface area contributed by atoms with E-state index in [0.29, 0.717) is 0 Å². The van der Waals surface area contributed by atoms with E-state index in [9.17, 15) is 27.1 Å². The molecular weight excluding hydrogens is 311 g/mol. The minimum Gasteiger partial charge on any atom is -0.504 e. The Morgan fingerprint density at radius 3 is 1.91 bits per heavy atom. The van der Waals surface area contributed by atoms with E-state index in [1.807, 2.05) is 0 Å². The number of rotatable bonds is 3. The molecule has 0 aliphatic heterocycles. The average molecular weight is 318 g/mol. The molecule has 116 valence electrons. The maximum Gasteiger partial charge on any atom is 0.200 e. The molecule has 0 fully saturated rings. The van der Waals surface area contributed by atoms with Crippen molar-refractivity contribution in [1.29, 1.82) is 0 Å². The van der Waals surface area contributed by atoms with Gasteiger partial charge in [0.2, 0.25) is 5.82 Å². The van der Waals surface area contributed by atoms with Crippen molar-refractivity contribution in [3.05, 3.63) is 52.8 Å². The van der Waals surface area contributed by atoms with Gasteiger partial charge in [0.15, 0.2) is 34.8 Å². The largest absolute Gasteiger partial charge is 0.504 e. The number of hydrogen-bond acceptors (Lipinski definition) is 4. The normalized spacial score (nSPS) is 11.1. The molecule has 0 spiro atoms. The Morgan fingerprint density at radius 1 is 0.818 bits per heavy atom. The number of phenols is 2. The lowest BCUT2D eigenvalue weighted by molar-refractivity contribution is 0.381. The molecule has 0 amide bonds. The lowest BCUT2D eigenvalue weighted by Gasteiger charge is -2.07. The predicted octanol–water partition coefficient (Wildman–Crippen LogP) is 3.24. The van der Waals surface area contributed by atoms with Crippen molar-refractivity contribution in [3.63, 3.8) is 0 Å². The standard InChI is InChI=1S/C13H7F5N2O2/c14-8-9(15)11(17)13(12(18)10(8)16)20-19-4-5-1-2-6(21)7(22)3-5/h1-4,20-22H. The number of phenolic OH excluding ortho intramolecular Hbond substituents is 2. The van der Waals surface area contributed by atoms with Crippen LogP contribution in [-0.2, 0) is 0 Å². The number of halogens is 5. The summed E-state index contributed by atoms with van der Waals surface area (Å²) in [6.07, 6.45) is 0.942. The van der Waals surface area contributed by atoms with Gasteiger partial charge in [0.25, 0.3) is 0 Å². The summed E-state index contributed by atoms with van der Waals surface area (Å²) >= 11 is 0. The van der Waals surface area contributed by atoms with Crippen LogP contribution in [0.15, 0.2) is 23.3 Å². The number of hydrogen-bond donors (Lipinski definition) is 3. The first-order chi connectivity index (χ1) is 10.3. The van der Waals surface area contributed by atoms with E-state index in [-0.39, 0.29) is 5.56 Å². The molecule has 2 aromatic rings. The molecule has 3 N–H and O–H groups in total. The number of aromatic hydroxyl groups is 2. The van der Waals surface area contributed by atoms with E-state index in [2.05, 4.69) is 5.10 Å². The highest BCUT2D eigenvalue weighted by atomic mass is 19.2. The second kappa shape index (κ2) is 5.88. The molecule has 0 bridgehead atoms. The van der Waals surface area contributed by atoms with Gasteiger partial charge in [-0.1, -0.05) is 0 Å². The Hall–Kier alpha value is -2.84. The summed E-state index contributed by atoms with van der Waals surface area (Å²) in [7, 11) is 0. The summed E-state index contributed by atoms with van der Waals surface area (Å²) in [5, 5.41) is 21.6. The molecule has 0 heterocycles. The molecule has 9 heteroatoms. The topological polar surface area (TPSA) is 64.9 Å². The van der Waals surface area contributed by atoms with Gasteiger partial charge in [-0.05, 0) is 23.8 Å². The Morgan fingerprint density at radius 2 is 1.36 bits per heavy atom. The maximum absolute atomic E-state index is 13.3. The van der Waals surface area contributed by atoms with Gasteiger partial charge in [-0.3, -0.25) is 5.43 Å². The highest BCUT2D eigenvalue weighted by Gasteiger charge is 2.25. The first kappa shape index (κ1) is 15.5. The van der Waals surface area contributed by atoms with Crippen molar-refractivity contribution < 1.29 is 32.2 Å². The first-order valence-corrected chi connectivity index (χ1v) is 5.65. The van der Waals surface area contributed by atoms with Gasteiger partial charge in [0.05, 0.1) is 6.21 Å². The summed E-state index contributed by atoms with van der Waals surface area (Å²) < 4.78 is 65.3. The van der Waals surface area contributed by atoms with E-state index in [1.165, 1.54) is 6.07 Å². The Bertz CT molecular complexity index is 736. The smallest absolute Gasteiger partial charge is 0.200 e. The highest BCUT2D eigenvalue weighted by Crippen LogP contribution is 2.27. The summed E-state index contributed by atoms with van der Waals surface area (Å²) in [6, 6.07) is 3.48. The molecular formula is C13H7F5N2O2. The van der Waals surface area contributed by atoms with Gasteiger partial charge in [-0.2, -0.15) is 5.10 Å². The third kappa shape index (κ3) is 2.78. The fourth-order valence-electron chi connectivity index (χ4n) is 1.50. The van der Waals surface area contributed by atoms with E-state index < -0.39 is 46.3 Å². The molecule has 0 saturated heterocycles. The van der Waals surface area contributed by atoms with Crippen molar-refractivity contribution in [2.45, 2.75) is 0 Å². The van der Waals surface area contributed by atoms with Crippen molar-refractivity contribution in [2.24, 2.45) is 5.10 Å². The van der Waals surface area contributed by atoms with Crippen LogP contribution in [0.1, 0.15) is 5.56 Å². The Balaban J connectivity index is 2.28. The number of nitrogens with one attached hydrogen (secondary N) is 1. The Kier molecular flexibility index (Phi) is 4.15. The highest BCUT2D eigenvalue weighted by molar-refractivity contribution is 5.81. The summed E-state index contributed by atoms with van der Waals surface area (Å²) in [5.74, 6) is -11.4. The fourth-order valence-corrected chi connectivity index (χ4v) is 1.50. The number of benzene rings is 2. The van der Waals surface area contributed by atoms with E-state index in [1.54, 1.807) is 5.43 Å². The first-order valence-electron chi connectivity index (χ1n) is 5.65. The monoisotopic (exact) mass is 318 g/mol. The van der Waals surface area contributed by atoms with Crippen LogP contribution in [0.5, 0.6) is 11.5 Å². The summed E-state index contributed by atoms with van der Waals surface area (Å²) in [6.45, 7) is 0. The molecule has 2 aromatic carbocycles. The lowest BCUT2D eigenvalue weighted by atomic mass is 10.2. The zero-order chi connectivity index (χ0) is 16.4. The van der Waals surface area contributed by atoms with E-state index >= 15 is 0 Å². The number of anilines is 1. The second-order valence-electron chi connectivity index (χ2n) is 4.06. The van der Waals surface area contributed by atoms with Crippen molar-refractivity contribution >= 4 is 11.9 Å². The molecule has 2 rings (SSSR count). The molecule has 22 heavy (non-hydrogen) atoms. The van der Waals surface area contributed by atoms with Crippen LogP contribution in [0.4, 0.5) is 27.6 Å². The third-order valence-electron chi connectivity index (χ3n) is 2.60. The number of hydrazone groups is 1. The summed E-state index contributed by atoms with van der Waals surface area (Å²) in [5.41, 5.74) is 0.592. The van der Waals surface area contributed by atoms with Gasteiger partial charge < -0.3 is 10.2 Å². The van der Waals surface area contributed by atoms with Gasteiger partial charge in [-0.25, -0.2) is 22.0 Å². The second-order valence-corrected chi connectivity index (χ2v) is 4.06. The van der Waals surface area contributed by atoms with Crippen LogP contribution in [-0.4, -0.2) is 16.4 Å². The van der Waals surface area contributed by atoms with Crippen molar-refractivity contribution in [3.8, 4) is 11.5 Å². The predicted molar refractivity (Wildman–Crippen MR) is 67.2 cm³/mol. The zero-order valence-electron chi connectivity index (χ0n) is 10.5. The van der Waals surface area contributed by atoms with E-state index in [0.717, 1.165) is 18.3 Å². The van der Waals surface area contributed by atoms with Crippen LogP contribution in [0.25, 0.3) is 0 Å². The molecule has 0 unspecified atom stereocenters. The van der Waals surface area contributed by atoms with Crippen LogP contribution in [0.3, 0.4) is 0 Å². The van der Waals surface area contributed by atoms with Gasteiger partial charge in [-0.15, -0.1) is 0 Å². The minimum atomic E-state index is -2.27. The minimum absolute atomic E-state index is 0.201. The number of nitrogens with zero attached hydrogens (tertiary/aromatic N) is 1. The molecule has 0 aliphatic rings. The Labute approximate surface area is 120 Å². The van der Waals surface area contributed by atoms with Crippen LogP contribution < -0.4 is 5.43 Å². The molecule has 0 atom stereocenters.